The molecule has 0 aliphatic carbocycles. The second kappa shape index (κ2) is 7.12. The molecule has 1 heterocycles. The van der Waals surface area contributed by atoms with E-state index in [0.29, 0.717) is 0 Å². The van der Waals surface area contributed by atoms with Gasteiger partial charge in [0.2, 0.25) is 10.0 Å². The molecule has 1 aromatic heterocycles. The van der Waals surface area contributed by atoms with Gasteiger partial charge in [0.1, 0.15) is 5.75 Å². The molecule has 0 aliphatic rings. The highest BCUT2D eigenvalue weighted by Gasteiger charge is 2.32. The molecule has 0 saturated heterocycles. The smallest absolute Gasteiger partial charge is 0.406 e. The number of sulfonamides is 1. The number of ether oxygens (including phenoxy) is 1. The topological polar surface area (TPSA) is 55.4 Å². The lowest BCUT2D eigenvalue weighted by molar-refractivity contribution is -0.274. The van der Waals surface area contributed by atoms with Gasteiger partial charge in [0.25, 0.3) is 0 Å². The van der Waals surface area contributed by atoms with Crippen LogP contribution in [0.1, 0.15) is 24.8 Å². The average Bonchev–Trinajstić information content (AvgIpc) is 2.97. The van der Waals surface area contributed by atoms with E-state index in [0.717, 1.165) is 17.0 Å². The third-order valence-electron chi connectivity index (χ3n) is 3.15. The highest BCUT2D eigenvalue weighted by atomic mass is 32.2. The van der Waals surface area contributed by atoms with E-state index in [1.807, 2.05) is 25.3 Å². The van der Waals surface area contributed by atoms with E-state index in [9.17, 15) is 21.6 Å². The maximum atomic E-state index is 12.5. The molecule has 9 heteroatoms. The third kappa shape index (κ3) is 4.96. The number of alkyl halides is 3. The fourth-order valence-electron chi connectivity index (χ4n) is 2.06. The molecule has 132 valence electrons. The zero-order valence-corrected chi connectivity index (χ0v) is 14.5. The van der Waals surface area contributed by atoms with Gasteiger partial charge >= 0.3 is 6.36 Å². The van der Waals surface area contributed by atoms with Crippen molar-refractivity contribution in [3.05, 3.63) is 46.7 Å². The molecule has 1 N–H and O–H groups in total. The van der Waals surface area contributed by atoms with Crippen molar-refractivity contribution in [2.24, 2.45) is 5.92 Å². The first-order chi connectivity index (χ1) is 11.1. The van der Waals surface area contributed by atoms with Crippen LogP contribution in [0.4, 0.5) is 13.2 Å². The van der Waals surface area contributed by atoms with Crippen LogP contribution in [0.25, 0.3) is 0 Å². The van der Waals surface area contributed by atoms with Crippen molar-refractivity contribution in [1.82, 2.24) is 4.72 Å². The van der Waals surface area contributed by atoms with Gasteiger partial charge in [-0.05, 0) is 29.5 Å². The van der Waals surface area contributed by atoms with Gasteiger partial charge in [-0.25, -0.2) is 13.1 Å². The van der Waals surface area contributed by atoms with Gasteiger partial charge in [-0.3, -0.25) is 0 Å². The van der Waals surface area contributed by atoms with Crippen molar-refractivity contribution in [2.75, 3.05) is 0 Å². The summed E-state index contributed by atoms with van der Waals surface area (Å²) in [5.41, 5.74) is 0. The lowest BCUT2D eigenvalue weighted by atomic mass is 10.0. The minimum atomic E-state index is -4.88. The van der Waals surface area contributed by atoms with Crippen LogP contribution in [0.2, 0.25) is 0 Å². The molecule has 0 saturated carbocycles. The first-order valence-corrected chi connectivity index (χ1v) is 9.36. The number of benzene rings is 1. The van der Waals surface area contributed by atoms with Crippen molar-refractivity contribution in [3.63, 3.8) is 0 Å². The lowest BCUT2D eigenvalue weighted by Crippen LogP contribution is -2.31. The van der Waals surface area contributed by atoms with Crippen LogP contribution in [0.3, 0.4) is 0 Å². The van der Waals surface area contributed by atoms with Crippen LogP contribution < -0.4 is 9.46 Å². The molecule has 0 bridgehead atoms. The highest BCUT2D eigenvalue weighted by molar-refractivity contribution is 7.89. The molecule has 0 fully saturated rings. The van der Waals surface area contributed by atoms with Crippen LogP contribution >= 0.6 is 11.3 Å². The second-order valence-electron chi connectivity index (χ2n) is 5.38. The summed E-state index contributed by atoms with van der Waals surface area (Å²) < 4.78 is 68.2. The van der Waals surface area contributed by atoms with Crippen LogP contribution in [0.15, 0.2) is 46.7 Å². The molecule has 1 atom stereocenters. The van der Waals surface area contributed by atoms with Gasteiger partial charge in [-0.15, -0.1) is 24.5 Å². The second-order valence-corrected chi connectivity index (χ2v) is 8.07. The minimum Gasteiger partial charge on any atom is -0.406 e. The van der Waals surface area contributed by atoms with Gasteiger partial charge in [0.15, 0.2) is 0 Å². The van der Waals surface area contributed by atoms with Gasteiger partial charge in [-0.2, -0.15) is 0 Å². The first kappa shape index (κ1) is 18.8. The molecule has 2 aromatic rings. The summed E-state index contributed by atoms with van der Waals surface area (Å²) in [7, 11) is -4.00. The Balaban J connectivity index is 2.28. The van der Waals surface area contributed by atoms with Crippen molar-refractivity contribution in [1.29, 1.82) is 0 Å². The Bertz CT molecular complexity index is 772. The lowest BCUT2D eigenvalue weighted by Gasteiger charge is -2.21. The standard InChI is InChI=1S/C15H16F3NO3S2/c1-10(2)14(13-7-4-8-23-13)19-24(20,21)12-6-3-5-11(9-12)22-15(16,17)18/h3-10,14,19H,1-2H3. The van der Waals surface area contributed by atoms with E-state index < -0.39 is 28.2 Å². The summed E-state index contributed by atoms with van der Waals surface area (Å²) in [6, 6.07) is 7.46. The summed E-state index contributed by atoms with van der Waals surface area (Å²) in [5, 5.41) is 1.83. The normalized spacial score (nSPS) is 13.9. The number of hydrogen-bond donors (Lipinski definition) is 1. The minimum absolute atomic E-state index is 0.0342. The number of thiophene rings is 1. The fourth-order valence-corrected chi connectivity index (χ4v) is 4.49. The Hall–Kier alpha value is -1.58. The number of rotatable bonds is 6. The zero-order valence-electron chi connectivity index (χ0n) is 12.9. The Morgan fingerprint density at radius 2 is 1.88 bits per heavy atom. The van der Waals surface area contributed by atoms with E-state index in [-0.39, 0.29) is 10.8 Å². The summed E-state index contributed by atoms with van der Waals surface area (Å²) in [5.74, 6) is -0.615. The quantitative estimate of drug-likeness (QED) is 0.813. The largest absolute Gasteiger partial charge is 0.573 e. The third-order valence-corrected chi connectivity index (χ3v) is 5.54. The van der Waals surface area contributed by atoms with Gasteiger partial charge in [0, 0.05) is 10.9 Å². The Kier molecular flexibility index (Phi) is 5.56. The maximum absolute atomic E-state index is 12.5. The van der Waals surface area contributed by atoms with Gasteiger partial charge in [0.05, 0.1) is 10.9 Å². The molecule has 0 amide bonds. The van der Waals surface area contributed by atoms with Crippen LogP contribution in [0, 0.1) is 5.92 Å². The molecule has 4 nitrogen and oxygen atoms in total. The molecule has 0 aliphatic heterocycles. The Labute approximate surface area is 142 Å². The Morgan fingerprint density at radius 1 is 1.17 bits per heavy atom. The molecule has 1 unspecified atom stereocenters. The van der Waals surface area contributed by atoms with Gasteiger partial charge < -0.3 is 4.74 Å². The van der Waals surface area contributed by atoms with Crippen LogP contribution in [-0.4, -0.2) is 14.8 Å². The molecule has 24 heavy (non-hydrogen) atoms. The van der Waals surface area contributed by atoms with E-state index in [1.54, 1.807) is 6.07 Å². The zero-order chi connectivity index (χ0) is 18.0. The van der Waals surface area contributed by atoms with Crippen LogP contribution in [-0.2, 0) is 10.0 Å². The SMILES string of the molecule is CC(C)C(NS(=O)(=O)c1cccc(OC(F)(F)F)c1)c1cccs1. The first-order valence-electron chi connectivity index (χ1n) is 7.00. The molecule has 1 aromatic carbocycles. The number of hydrogen-bond acceptors (Lipinski definition) is 4. The van der Waals surface area contributed by atoms with Crippen molar-refractivity contribution in [3.8, 4) is 5.75 Å². The Morgan fingerprint density at radius 3 is 2.42 bits per heavy atom. The number of halogens is 3. The predicted molar refractivity (Wildman–Crippen MR) is 85.3 cm³/mol. The van der Waals surface area contributed by atoms with Crippen molar-refractivity contribution in [2.45, 2.75) is 31.1 Å². The van der Waals surface area contributed by atoms with Gasteiger partial charge in [-0.1, -0.05) is 26.0 Å². The van der Waals surface area contributed by atoms with E-state index in [2.05, 4.69) is 9.46 Å². The predicted octanol–water partition coefficient (Wildman–Crippen LogP) is 4.32. The summed E-state index contributed by atoms with van der Waals surface area (Å²) >= 11 is 1.41. The molecule has 2 rings (SSSR count). The van der Waals surface area contributed by atoms with E-state index in [1.165, 1.54) is 23.5 Å². The molecular formula is C15H16F3NO3S2. The van der Waals surface area contributed by atoms with E-state index in [4.69, 9.17) is 0 Å². The molecule has 0 radical (unpaired) electrons. The highest BCUT2D eigenvalue weighted by Crippen LogP contribution is 2.29. The summed E-state index contributed by atoms with van der Waals surface area (Å²) in [4.78, 5) is 0.544. The van der Waals surface area contributed by atoms with Crippen molar-refractivity contribution < 1.29 is 26.3 Å². The monoisotopic (exact) mass is 379 g/mol. The van der Waals surface area contributed by atoms with Crippen LogP contribution in [0.5, 0.6) is 5.75 Å². The number of nitrogens with one attached hydrogen (secondary N) is 1. The fraction of sp³-hybridized carbons (Fsp3) is 0.333. The van der Waals surface area contributed by atoms with Crippen molar-refractivity contribution >= 4 is 21.4 Å². The molecule has 0 spiro atoms. The summed E-state index contributed by atoms with van der Waals surface area (Å²) in [6.45, 7) is 3.71. The molecular weight excluding hydrogens is 363 g/mol. The average molecular weight is 379 g/mol. The maximum Gasteiger partial charge on any atom is 0.573 e. The summed E-state index contributed by atoms with van der Waals surface area (Å²) in [6.07, 6.45) is -4.88. The van der Waals surface area contributed by atoms with E-state index >= 15 is 0 Å².